The van der Waals surface area contributed by atoms with E-state index in [4.69, 9.17) is 4.74 Å². The highest BCUT2D eigenvalue weighted by atomic mass is 16.5. The molecule has 0 saturated heterocycles. The van der Waals surface area contributed by atoms with Crippen molar-refractivity contribution < 1.29 is 4.74 Å². The van der Waals surface area contributed by atoms with Gasteiger partial charge in [-0.25, -0.2) is 0 Å². The summed E-state index contributed by atoms with van der Waals surface area (Å²) in [4.78, 5) is 0. The van der Waals surface area contributed by atoms with Crippen LogP contribution in [0.5, 0.6) is 5.75 Å². The topological polar surface area (TPSA) is 33.6 Å². The summed E-state index contributed by atoms with van der Waals surface area (Å²) in [6.07, 6.45) is 1.78. The Morgan fingerprint density at radius 2 is 1.58 bits per heavy atom. The van der Waals surface area contributed by atoms with Gasteiger partial charge in [-0.1, -0.05) is 60.2 Å². The highest BCUT2D eigenvalue weighted by molar-refractivity contribution is 5.83. The highest BCUT2D eigenvalue weighted by Crippen LogP contribution is 2.18. The minimum Gasteiger partial charge on any atom is -0.488 e. The van der Waals surface area contributed by atoms with Gasteiger partial charge in [-0.15, -0.1) is 0 Å². The highest BCUT2D eigenvalue weighted by Gasteiger charge is 2.01. The van der Waals surface area contributed by atoms with Gasteiger partial charge in [0.15, 0.2) is 0 Å². The van der Waals surface area contributed by atoms with Gasteiger partial charge in [0.1, 0.15) is 12.4 Å². The van der Waals surface area contributed by atoms with Crippen LogP contribution in [0.4, 0.5) is 5.69 Å². The lowest BCUT2D eigenvalue weighted by atomic mass is 10.1. The summed E-state index contributed by atoms with van der Waals surface area (Å²) < 4.78 is 5.95. The van der Waals surface area contributed by atoms with Crippen molar-refractivity contribution in [2.24, 2.45) is 5.10 Å². The Morgan fingerprint density at radius 3 is 2.38 bits per heavy atom. The molecule has 0 atom stereocenters. The summed E-state index contributed by atoms with van der Waals surface area (Å²) in [7, 11) is 0. The maximum atomic E-state index is 5.95. The lowest BCUT2D eigenvalue weighted by Crippen LogP contribution is -1.99. The van der Waals surface area contributed by atoms with Crippen molar-refractivity contribution in [3.63, 3.8) is 0 Å². The number of ether oxygens (including phenoxy) is 1. The number of nitrogens with zero attached hydrogens (tertiary/aromatic N) is 1. The molecule has 0 aliphatic carbocycles. The van der Waals surface area contributed by atoms with Crippen LogP contribution in [0.3, 0.4) is 0 Å². The average molecular weight is 316 g/mol. The number of nitrogens with one attached hydrogen (secondary N) is 1. The van der Waals surface area contributed by atoms with E-state index in [9.17, 15) is 0 Å². The minimum atomic E-state index is 0.539. The van der Waals surface area contributed by atoms with Crippen LogP contribution in [0.25, 0.3) is 0 Å². The summed E-state index contributed by atoms with van der Waals surface area (Å²) in [5.74, 6) is 0.816. The minimum absolute atomic E-state index is 0.539. The number of benzene rings is 3. The predicted octanol–water partition coefficient (Wildman–Crippen LogP) is 5.02. The summed E-state index contributed by atoms with van der Waals surface area (Å²) in [5, 5.41) is 4.28. The van der Waals surface area contributed by atoms with Gasteiger partial charge in [0.2, 0.25) is 0 Å². The Labute approximate surface area is 142 Å². The first kappa shape index (κ1) is 15.8. The number of rotatable bonds is 6. The zero-order valence-electron chi connectivity index (χ0n) is 13.6. The quantitative estimate of drug-likeness (QED) is 0.512. The molecule has 0 saturated carbocycles. The first-order chi connectivity index (χ1) is 11.8. The van der Waals surface area contributed by atoms with Crippen molar-refractivity contribution in [3.05, 3.63) is 95.6 Å². The zero-order chi connectivity index (χ0) is 16.6. The third-order valence-electron chi connectivity index (χ3n) is 3.61. The molecule has 0 unspecified atom stereocenters. The number of hydrogen-bond donors (Lipinski definition) is 1. The van der Waals surface area contributed by atoms with Crippen LogP contribution in [-0.4, -0.2) is 6.21 Å². The van der Waals surface area contributed by atoms with Gasteiger partial charge in [-0.3, -0.25) is 5.43 Å². The Balaban J connectivity index is 1.65. The average Bonchev–Trinajstić information content (AvgIpc) is 2.63. The molecule has 0 fully saturated rings. The maximum Gasteiger partial charge on any atom is 0.128 e. The van der Waals surface area contributed by atoms with Crippen LogP contribution in [0, 0.1) is 6.92 Å². The third-order valence-corrected chi connectivity index (χ3v) is 3.61. The smallest absolute Gasteiger partial charge is 0.128 e. The van der Waals surface area contributed by atoms with Crippen LogP contribution in [-0.2, 0) is 6.61 Å². The number of aryl methyl sites for hydroxylation is 1. The molecule has 0 radical (unpaired) electrons. The van der Waals surface area contributed by atoms with E-state index >= 15 is 0 Å². The molecule has 3 aromatic rings. The lowest BCUT2D eigenvalue weighted by molar-refractivity contribution is 0.306. The third kappa shape index (κ3) is 4.46. The van der Waals surface area contributed by atoms with Gasteiger partial charge in [0.05, 0.1) is 11.9 Å². The van der Waals surface area contributed by atoms with E-state index in [2.05, 4.69) is 41.7 Å². The van der Waals surface area contributed by atoms with E-state index in [0.29, 0.717) is 6.61 Å². The molecule has 0 aliphatic heterocycles. The first-order valence-electron chi connectivity index (χ1n) is 7.93. The molecule has 0 aromatic heterocycles. The Kier molecular flexibility index (Phi) is 5.25. The van der Waals surface area contributed by atoms with Crippen LogP contribution in [0.2, 0.25) is 0 Å². The van der Waals surface area contributed by atoms with Crippen LogP contribution in [0.15, 0.2) is 84.0 Å². The molecule has 120 valence electrons. The Hall–Kier alpha value is -3.07. The molecule has 3 nitrogen and oxygen atoms in total. The summed E-state index contributed by atoms with van der Waals surface area (Å²) >= 11 is 0. The van der Waals surface area contributed by atoms with E-state index in [1.807, 2.05) is 54.6 Å². The fourth-order valence-corrected chi connectivity index (χ4v) is 2.25. The molecule has 0 amide bonds. The largest absolute Gasteiger partial charge is 0.488 e. The van der Waals surface area contributed by atoms with Gasteiger partial charge < -0.3 is 4.74 Å². The van der Waals surface area contributed by atoms with Gasteiger partial charge in [0.25, 0.3) is 0 Å². The van der Waals surface area contributed by atoms with Gasteiger partial charge in [0, 0.05) is 5.56 Å². The first-order valence-corrected chi connectivity index (χ1v) is 7.93. The standard InChI is InChI=1S/C21H20N2O/c1-17-11-13-18(14-12-17)16-24-21-10-6-5-7-19(21)15-22-23-20-8-3-2-4-9-20/h2-15,23H,16H2,1H3. The van der Waals surface area contributed by atoms with Gasteiger partial charge in [-0.2, -0.15) is 5.10 Å². The van der Waals surface area contributed by atoms with Crippen molar-refractivity contribution in [1.29, 1.82) is 0 Å². The van der Waals surface area contributed by atoms with Crippen LogP contribution < -0.4 is 10.2 Å². The summed E-state index contributed by atoms with van der Waals surface area (Å²) in [6, 6.07) is 26.1. The number of hydrazone groups is 1. The summed E-state index contributed by atoms with van der Waals surface area (Å²) in [6.45, 7) is 2.62. The number of para-hydroxylation sites is 2. The number of anilines is 1. The van der Waals surface area contributed by atoms with Crippen molar-refractivity contribution in [3.8, 4) is 5.75 Å². The Morgan fingerprint density at radius 1 is 0.875 bits per heavy atom. The van der Waals surface area contributed by atoms with Crippen molar-refractivity contribution in [2.45, 2.75) is 13.5 Å². The van der Waals surface area contributed by atoms with Crippen molar-refractivity contribution in [2.75, 3.05) is 5.43 Å². The molecule has 0 spiro atoms. The molecule has 24 heavy (non-hydrogen) atoms. The van der Waals surface area contributed by atoms with Crippen LogP contribution in [0.1, 0.15) is 16.7 Å². The van der Waals surface area contributed by atoms with E-state index in [1.165, 1.54) is 5.56 Å². The number of hydrogen-bond acceptors (Lipinski definition) is 3. The van der Waals surface area contributed by atoms with E-state index in [-0.39, 0.29) is 0 Å². The van der Waals surface area contributed by atoms with E-state index in [0.717, 1.165) is 22.6 Å². The van der Waals surface area contributed by atoms with Crippen molar-refractivity contribution >= 4 is 11.9 Å². The van der Waals surface area contributed by atoms with E-state index < -0.39 is 0 Å². The summed E-state index contributed by atoms with van der Waals surface area (Å²) in [5.41, 5.74) is 7.30. The molecule has 0 heterocycles. The predicted molar refractivity (Wildman–Crippen MR) is 99.6 cm³/mol. The maximum absolute atomic E-state index is 5.95. The normalized spacial score (nSPS) is 10.7. The second-order valence-corrected chi connectivity index (χ2v) is 5.55. The molecular weight excluding hydrogens is 296 g/mol. The SMILES string of the molecule is Cc1ccc(COc2ccccc2C=NNc2ccccc2)cc1. The van der Waals surface area contributed by atoms with Gasteiger partial charge in [-0.05, 0) is 36.8 Å². The van der Waals surface area contributed by atoms with E-state index in [1.54, 1.807) is 6.21 Å². The van der Waals surface area contributed by atoms with Crippen LogP contribution >= 0.6 is 0 Å². The second-order valence-electron chi connectivity index (χ2n) is 5.55. The van der Waals surface area contributed by atoms with Gasteiger partial charge >= 0.3 is 0 Å². The Bertz CT molecular complexity index is 796. The molecular formula is C21H20N2O. The second kappa shape index (κ2) is 7.97. The molecule has 0 aliphatic rings. The molecule has 1 N–H and O–H groups in total. The zero-order valence-corrected chi connectivity index (χ0v) is 13.6. The molecule has 3 rings (SSSR count). The molecule has 0 bridgehead atoms. The fraction of sp³-hybridized carbons (Fsp3) is 0.0952. The molecule has 3 heteroatoms. The van der Waals surface area contributed by atoms with Crippen molar-refractivity contribution in [1.82, 2.24) is 0 Å². The monoisotopic (exact) mass is 316 g/mol. The fourth-order valence-electron chi connectivity index (χ4n) is 2.25. The lowest BCUT2D eigenvalue weighted by Gasteiger charge is -2.09. The molecule has 3 aromatic carbocycles.